The number of hydrogen-bond donors (Lipinski definition) is 1. The van der Waals surface area contributed by atoms with Crippen LogP contribution in [-0.2, 0) is 32.7 Å². The molecule has 0 radical (unpaired) electrons. The maximum atomic E-state index is 13.1. The quantitative estimate of drug-likeness (QED) is 0.408. The van der Waals surface area contributed by atoms with Gasteiger partial charge in [-0.05, 0) is 53.6 Å². The van der Waals surface area contributed by atoms with Gasteiger partial charge in [0.1, 0.15) is 0 Å². The molecule has 3 aromatic carbocycles. The molecule has 3 rings (SSSR count). The lowest BCUT2D eigenvalue weighted by molar-refractivity contribution is 0.103. The maximum absolute atomic E-state index is 13.1. The van der Waals surface area contributed by atoms with E-state index < -0.39 is 15.8 Å². The van der Waals surface area contributed by atoms with Crippen LogP contribution in [0.4, 0.5) is 5.69 Å². The van der Waals surface area contributed by atoms with Crippen molar-refractivity contribution in [2.24, 2.45) is 0 Å². The molecule has 0 saturated heterocycles. The van der Waals surface area contributed by atoms with Crippen LogP contribution in [-0.4, -0.2) is 28.4 Å². The van der Waals surface area contributed by atoms with Crippen LogP contribution < -0.4 is 4.72 Å². The van der Waals surface area contributed by atoms with Crippen molar-refractivity contribution in [2.75, 3.05) is 18.9 Å². The average Bonchev–Trinajstić information content (AvgIpc) is 2.76. The number of sulfonamides is 1. The van der Waals surface area contributed by atoms with E-state index in [1.807, 2.05) is 0 Å². The van der Waals surface area contributed by atoms with Gasteiger partial charge in [0.2, 0.25) is 0 Å². The van der Waals surface area contributed by atoms with Crippen LogP contribution in [0, 0.1) is 0 Å². The summed E-state index contributed by atoms with van der Waals surface area (Å²) in [5, 5.41) is 0.541. The Bertz CT molecular complexity index is 1240. The molecule has 0 aromatic heterocycles. The van der Waals surface area contributed by atoms with Crippen molar-refractivity contribution in [3.8, 4) is 0 Å². The molecule has 0 spiro atoms. The van der Waals surface area contributed by atoms with E-state index in [0.29, 0.717) is 12.2 Å². The highest BCUT2D eigenvalue weighted by Gasteiger charge is 2.22. The lowest BCUT2D eigenvalue weighted by Gasteiger charge is -2.15. The summed E-state index contributed by atoms with van der Waals surface area (Å²) in [6.45, 7) is 0.541. The van der Waals surface area contributed by atoms with E-state index in [-0.39, 0.29) is 38.4 Å². The van der Waals surface area contributed by atoms with Gasteiger partial charge < -0.3 is 9.47 Å². The third-order valence-electron chi connectivity index (χ3n) is 4.68. The monoisotopic (exact) mass is 493 g/mol. The van der Waals surface area contributed by atoms with Gasteiger partial charge in [-0.25, -0.2) is 8.42 Å². The van der Waals surface area contributed by atoms with E-state index in [4.69, 9.17) is 32.7 Å². The van der Waals surface area contributed by atoms with Crippen molar-refractivity contribution in [3.63, 3.8) is 0 Å². The molecular formula is C23H21Cl2NO5S. The summed E-state index contributed by atoms with van der Waals surface area (Å²) < 4.78 is 39.1. The van der Waals surface area contributed by atoms with E-state index in [1.54, 1.807) is 37.4 Å². The Hall–Kier alpha value is -2.42. The standard InChI is InChI=1S/C23H21Cl2NO5S/c1-30-13-15-7-9-18(11-16(15)14-31-2)32(28,29)26-22-10-8-17(24)12-20(22)23(27)19-5-3-4-6-21(19)25/h3-12,26H,13-14H2,1-2H3. The second kappa shape index (κ2) is 10.5. The minimum Gasteiger partial charge on any atom is -0.380 e. The Morgan fingerprint density at radius 2 is 1.56 bits per heavy atom. The summed E-state index contributed by atoms with van der Waals surface area (Å²) in [7, 11) is -0.941. The molecule has 0 saturated carbocycles. The summed E-state index contributed by atoms with van der Waals surface area (Å²) >= 11 is 12.3. The highest BCUT2D eigenvalue weighted by atomic mass is 35.5. The number of methoxy groups -OCH3 is 2. The Morgan fingerprint density at radius 1 is 0.875 bits per heavy atom. The van der Waals surface area contributed by atoms with Gasteiger partial charge in [0, 0.05) is 30.4 Å². The Labute approximate surface area is 197 Å². The fraction of sp³-hybridized carbons (Fsp3) is 0.174. The molecule has 0 fully saturated rings. The molecule has 0 unspecified atom stereocenters. The van der Waals surface area contributed by atoms with Gasteiger partial charge in [-0.2, -0.15) is 0 Å². The molecule has 0 aliphatic carbocycles. The topological polar surface area (TPSA) is 81.7 Å². The molecule has 6 nitrogen and oxygen atoms in total. The van der Waals surface area contributed by atoms with Crippen molar-refractivity contribution < 1.29 is 22.7 Å². The predicted molar refractivity (Wildman–Crippen MR) is 125 cm³/mol. The molecule has 1 N–H and O–H groups in total. The molecule has 0 amide bonds. The van der Waals surface area contributed by atoms with Crippen LogP contribution in [0.3, 0.4) is 0 Å². The number of ketones is 1. The van der Waals surface area contributed by atoms with Crippen LogP contribution in [0.1, 0.15) is 27.0 Å². The van der Waals surface area contributed by atoms with Gasteiger partial charge in [0.15, 0.2) is 5.78 Å². The molecule has 3 aromatic rings. The van der Waals surface area contributed by atoms with Crippen molar-refractivity contribution in [1.82, 2.24) is 0 Å². The lowest BCUT2D eigenvalue weighted by Crippen LogP contribution is -2.17. The summed E-state index contributed by atoms with van der Waals surface area (Å²) in [5.74, 6) is -0.452. The summed E-state index contributed by atoms with van der Waals surface area (Å²) in [6.07, 6.45) is 0. The number of hydrogen-bond acceptors (Lipinski definition) is 5. The number of anilines is 1. The number of halogens is 2. The second-order valence-corrected chi connectivity index (χ2v) is 9.43. The zero-order valence-corrected chi connectivity index (χ0v) is 19.7. The van der Waals surface area contributed by atoms with Gasteiger partial charge in [-0.3, -0.25) is 9.52 Å². The summed E-state index contributed by atoms with van der Waals surface area (Å²) in [4.78, 5) is 13.1. The summed E-state index contributed by atoms with van der Waals surface area (Å²) in [6, 6.07) is 15.5. The first kappa shape index (κ1) is 24.2. The van der Waals surface area contributed by atoms with Gasteiger partial charge >= 0.3 is 0 Å². The molecule has 0 atom stereocenters. The first-order valence-electron chi connectivity index (χ1n) is 9.48. The highest BCUT2D eigenvalue weighted by Crippen LogP contribution is 2.29. The number of benzene rings is 3. The highest BCUT2D eigenvalue weighted by molar-refractivity contribution is 7.92. The second-order valence-electron chi connectivity index (χ2n) is 6.90. The van der Waals surface area contributed by atoms with Crippen molar-refractivity contribution >= 4 is 44.7 Å². The minimum absolute atomic E-state index is 0.0236. The maximum Gasteiger partial charge on any atom is 0.261 e. The third kappa shape index (κ3) is 5.49. The first-order chi connectivity index (χ1) is 15.3. The number of carbonyl (C=O) groups is 1. The van der Waals surface area contributed by atoms with Gasteiger partial charge in [0.05, 0.1) is 28.8 Å². The van der Waals surface area contributed by atoms with Crippen LogP contribution in [0.15, 0.2) is 65.6 Å². The molecule has 168 valence electrons. The zero-order valence-electron chi connectivity index (χ0n) is 17.4. The molecule has 0 aliphatic heterocycles. The molecule has 32 heavy (non-hydrogen) atoms. The normalized spacial score (nSPS) is 11.4. The zero-order chi connectivity index (χ0) is 23.3. The van der Waals surface area contributed by atoms with E-state index in [9.17, 15) is 13.2 Å². The lowest BCUT2D eigenvalue weighted by atomic mass is 10.0. The molecular weight excluding hydrogens is 473 g/mol. The Balaban J connectivity index is 2.01. The molecule has 9 heteroatoms. The van der Waals surface area contributed by atoms with Gasteiger partial charge in [-0.15, -0.1) is 0 Å². The first-order valence-corrected chi connectivity index (χ1v) is 11.7. The number of rotatable bonds is 9. The molecule has 0 heterocycles. The van der Waals surface area contributed by atoms with E-state index >= 15 is 0 Å². The van der Waals surface area contributed by atoms with Crippen molar-refractivity contribution in [3.05, 3.63) is 93.0 Å². The predicted octanol–water partition coefficient (Wildman–Crippen LogP) is 5.32. The SMILES string of the molecule is COCc1ccc(S(=O)(=O)Nc2ccc(Cl)cc2C(=O)c2ccccc2Cl)cc1COC. The number of nitrogens with one attached hydrogen (secondary N) is 1. The van der Waals surface area contributed by atoms with Crippen LogP contribution >= 0.6 is 23.2 Å². The molecule has 0 bridgehead atoms. The van der Waals surface area contributed by atoms with Gasteiger partial charge in [-0.1, -0.05) is 41.4 Å². The van der Waals surface area contributed by atoms with E-state index in [2.05, 4.69) is 4.72 Å². The largest absolute Gasteiger partial charge is 0.380 e. The van der Waals surface area contributed by atoms with Crippen LogP contribution in [0.25, 0.3) is 0 Å². The van der Waals surface area contributed by atoms with Crippen molar-refractivity contribution in [2.45, 2.75) is 18.1 Å². The smallest absolute Gasteiger partial charge is 0.261 e. The fourth-order valence-electron chi connectivity index (χ4n) is 3.14. The van der Waals surface area contributed by atoms with Crippen LogP contribution in [0.5, 0.6) is 0 Å². The van der Waals surface area contributed by atoms with Crippen molar-refractivity contribution in [1.29, 1.82) is 0 Å². The minimum atomic E-state index is -4.02. The van der Waals surface area contributed by atoms with E-state index in [1.165, 1.54) is 37.4 Å². The van der Waals surface area contributed by atoms with E-state index in [0.717, 1.165) is 5.56 Å². The number of ether oxygens (including phenoxy) is 2. The Morgan fingerprint density at radius 3 is 2.25 bits per heavy atom. The number of carbonyl (C=O) groups excluding carboxylic acids is 1. The summed E-state index contributed by atoms with van der Waals surface area (Å²) in [5.41, 5.74) is 1.91. The Kier molecular flexibility index (Phi) is 7.92. The van der Waals surface area contributed by atoms with Crippen LogP contribution in [0.2, 0.25) is 10.0 Å². The fourth-order valence-corrected chi connectivity index (χ4v) is 4.67. The van der Waals surface area contributed by atoms with Gasteiger partial charge in [0.25, 0.3) is 10.0 Å². The third-order valence-corrected chi connectivity index (χ3v) is 6.60. The average molecular weight is 494 g/mol. The molecule has 0 aliphatic rings.